The van der Waals surface area contributed by atoms with Crippen molar-refractivity contribution in [1.29, 1.82) is 0 Å². The SMILES string of the molecule is COc1ccc(CN(C(=O)Cc2c(F)cccc2Cl)[C@@H](C)C(=O)NCC(C)C)cc1. The van der Waals surface area contributed by atoms with E-state index in [2.05, 4.69) is 5.32 Å². The second kappa shape index (κ2) is 11.0. The van der Waals surface area contributed by atoms with E-state index >= 15 is 0 Å². The van der Waals surface area contributed by atoms with Gasteiger partial charge in [0.25, 0.3) is 0 Å². The van der Waals surface area contributed by atoms with Crippen LogP contribution >= 0.6 is 11.6 Å². The lowest BCUT2D eigenvalue weighted by Gasteiger charge is -2.29. The van der Waals surface area contributed by atoms with Crippen LogP contribution in [0, 0.1) is 11.7 Å². The molecule has 2 aromatic carbocycles. The van der Waals surface area contributed by atoms with Gasteiger partial charge in [0.05, 0.1) is 13.5 Å². The molecule has 0 aliphatic heterocycles. The van der Waals surface area contributed by atoms with Crippen molar-refractivity contribution < 1.29 is 18.7 Å². The standard InChI is InChI=1S/C23H28ClFN2O3/c1-15(2)13-26-23(29)16(3)27(14-17-8-10-18(30-4)11-9-17)22(28)12-19-20(24)6-5-7-21(19)25/h5-11,15-16H,12-14H2,1-4H3,(H,26,29)/t16-/m0/s1. The number of halogens is 2. The molecular formula is C23H28ClFN2O3. The molecule has 0 aromatic heterocycles. The summed E-state index contributed by atoms with van der Waals surface area (Å²) in [7, 11) is 1.57. The molecule has 2 amide bonds. The molecule has 0 radical (unpaired) electrons. The maximum atomic E-state index is 14.2. The quantitative estimate of drug-likeness (QED) is 0.642. The molecule has 0 aliphatic carbocycles. The first kappa shape index (κ1) is 23.7. The van der Waals surface area contributed by atoms with Gasteiger partial charge in [-0.3, -0.25) is 9.59 Å². The number of hydrogen-bond donors (Lipinski definition) is 1. The summed E-state index contributed by atoms with van der Waals surface area (Å²) in [6, 6.07) is 10.8. The number of ether oxygens (including phenoxy) is 1. The maximum Gasteiger partial charge on any atom is 0.242 e. The number of nitrogens with zero attached hydrogens (tertiary/aromatic N) is 1. The van der Waals surface area contributed by atoms with Gasteiger partial charge in [0.1, 0.15) is 17.6 Å². The van der Waals surface area contributed by atoms with Gasteiger partial charge in [-0.15, -0.1) is 0 Å². The number of amides is 2. The molecule has 0 fully saturated rings. The van der Waals surface area contributed by atoms with E-state index in [1.807, 2.05) is 26.0 Å². The smallest absolute Gasteiger partial charge is 0.242 e. The molecule has 5 nitrogen and oxygen atoms in total. The van der Waals surface area contributed by atoms with Crippen LogP contribution in [-0.4, -0.2) is 36.4 Å². The fourth-order valence-electron chi connectivity index (χ4n) is 2.92. The minimum absolute atomic E-state index is 0.124. The summed E-state index contributed by atoms with van der Waals surface area (Å²) in [5.74, 6) is -0.214. The van der Waals surface area contributed by atoms with Crippen molar-refractivity contribution in [3.8, 4) is 5.75 Å². The Morgan fingerprint density at radius 2 is 1.80 bits per heavy atom. The summed E-state index contributed by atoms with van der Waals surface area (Å²) >= 11 is 6.09. The van der Waals surface area contributed by atoms with Crippen LogP contribution < -0.4 is 10.1 Å². The Labute approximate surface area is 182 Å². The summed E-state index contributed by atoms with van der Waals surface area (Å²) in [4.78, 5) is 27.2. The highest BCUT2D eigenvalue weighted by molar-refractivity contribution is 6.31. The second-order valence-corrected chi connectivity index (χ2v) is 7.97. The highest BCUT2D eigenvalue weighted by Gasteiger charge is 2.27. The van der Waals surface area contributed by atoms with Gasteiger partial charge in [0, 0.05) is 23.7 Å². The Bertz CT molecular complexity index is 851. The topological polar surface area (TPSA) is 58.6 Å². The third-order valence-electron chi connectivity index (χ3n) is 4.75. The van der Waals surface area contributed by atoms with E-state index in [9.17, 15) is 14.0 Å². The molecule has 0 unspecified atom stereocenters. The number of methoxy groups -OCH3 is 1. The fraction of sp³-hybridized carbons (Fsp3) is 0.391. The van der Waals surface area contributed by atoms with Crippen LogP contribution in [0.5, 0.6) is 5.75 Å². The number of rotatable bonds is 9. The average molecular weight is 435 g/mol. The van der Waals surface area contributed by atoms with E-state index in [-0.39, 0.29) is 41.3 Å². The van der Waals surface area contributed by atoms with Gasteiger partial charge < -0.3 is 15.0 Å². The molecule has 0 saturated heterocycles. The van der Waals surface area contributed by atoms with Crippen LogP contribution in [0.15, 0.2) is 42.5 Å². The van der Waals surface area contributed by atoms with Crippen LogP contribution in [-0.2, 0) is 22.6 Å². The minimum Gasteiger partial charge on any atom is -0.497 e. The number of carbonyl (C=O) groups excluding carboxylic acids is 2. The molecule has 162 valence electrons. The minimum atomic E-state index is -0.732. The summed E-state index contributed by atoms with van der Waals surface area (Å²) in [5.41, 5.74) is 0.950. The van der Waals surface area contributed by atoms with Crippen LogP contribution in [0.1, 0.15) is 31.9 Å². The number of nitrogens with one attached hydrogen (secondary N) is 1. The van der Waals surface area contributed by atoms with Gasteiger partial charge in [-0.25, -0.2) is 4.39 Å². The van der Waals surface area contributed by atoms with Gasteiger partial charge in [-0.2, -0.15) is 0 Å². The van der Waals surface area contributed by atoms with Crippen molar-refractivity contribution in [1.82, 2.24) is 10.2 Å². The Kier molecular flexibility index (Phi) is 8.66. The van der Waals surface area contributed by atoms with Crippen LogP contribution in [0.25, 0.3) is 0 Å². The highest BCUT2D eigenvalue weighted by atomic mass is 35.5. The molecule has 1 atom stereocenters. The average Bonchev–Trinajstić information content (AvgIpc) is 2.72. The Morgan fingerprint density at radius 3 is 2.37 bits per heavy atom. The van der Waals surface area contributed by atoms with Crippen molar-refractivity contribution in [3.05, 3.63) is 64.4 Å². The Morgan fingerprint density at radius 1 is 1.13 bits per heavy atom. The third-order valence-corrected chi connectivity index (χ3v) is 5.11. The molecule has 30 heavy (non-hydrogen) atoms. The van der Waals surface area contributed by atoms with Crippen LogP contribution in [0.4, 0.5) is 4.39 Å². The van der Waals surface area contributed by atoms with Crippen LogP contribution in [0.3, 0.4) is 0 Å². The molecule has 7 heteroatoms. The lowest BCUT2D eigenvalue weighted by Crippen LogP contribution is -2.48. The lowest BCUT2D eigenvalue weighted by molar-refractivity contribution is -0.140. The molecule has 0 aliphatic rings. The molecular weight excluding hydrogens is 407 g/mol. The first-order chi connectivity index (χ1) is 14.2. The van der Waals surface area contributed by atoms with Crippen molar-refractivity contribution >= 4 is 23.4 Å². The highest BCUT2D eigenvalue weighted by Crippen LogP contribution is 2.22. The largest absolute Gasteiger partial charge is 0.497 e. The molecule has 0 spiro atoms. The van der Waals surface area contributed by atoms with Gasteiger partial charge >= 0.3 is 0 Å². The summed E-state index contributed by atoms with van der Waals surface area (Å²) in [5, 5.41) is 3.04. The first-order valence-electron chi connectivity index (χ1n) is 9.86. The van der Waals surface area contributed by atoms with Crippen LogP contribution in [0.2, 0.25) is 5.02 Å². The van der Waals surface area contributed by atoms with E-state index in [0.717, 1.165) is 5.56 Å². The molecule has 1 N–H and O–H groups in total. The molecule has 2 rings (SSSR count). The van der Waals surface area contributed by atoms with Gasteiger partial charge in [-0.1, -0.05) is 43.6 Å². The van der Waals surface area contributed by atoms with E-state index in [1.165, 1.54) is 17.0 Å². The predicted octanol–water partition coefficient (Wildman–Crippen LogP) is 4.22. The monoisotopic (exact) mass is 434 g/mol. The van der Waals surface area contributed by atoms with E-state index in [0.29, 0.717) is 12.3 Å². The maximum absolute atomic E-state index is 14.2. The molecule has 0 heterocycles. The van der Waals surface area contributed by atoms with E-state index in [1.54, 1.807) is 32.2 Å². The molecule has 2 aromatic rings. The van der Waals surface area contributed by atoms with Gasteiger partial charge in [0.15, 0.2) is 0 Å². The zero-order chi connectivity index (χ0) is 22.3. The van der Waals surface area contributed by atoms with Gasteiger partial charge in [-0.05, 0) is 42.7 Å². The zero-order valence-electron chi connectivity index (χ0n) is 17.7. The van der Waals surface area contributed by atoms with Crippen molar-refractivity contribution in [3.63, 3.8) is 0 Å². The number of hydrogen-bond acceptors (Lipinski definition) is 3. The summed E-state index contributed by atoms with van der Waals surface area (Å²) in [6.45, 7) is 6.36. The van der Waals surface area contributed by atoms with Crippen molar-refractivity contribution in [2.24, 2.45) is 5.92 Å². The van der Waals surface area contributed by atoms with Crippen molar-refractivity contribution in [2.75, 3.05) is 13.7 Å². The predicted molar refractivity (Wildman–Crippen MR) is 116 cm³/mol. The fourth-order valence-corrected chi connectivity index (χ4v) is 3.15. The van der Waals surface area contributed by atoms with E-state index < -0.39 is 11.9 Å². The molecule has 0 saturated carbocycles. The number of carbonyl (C=O) groups is 2. The number of benzene rings is 2. The van der Waals surface area contributed by atoms with Crippen molar-refractivity contribution in [2.45, 2.75) is 39.8 Å². The summed E-state index contributed by atoms with van der Waals surface area (Å²) in [6.07, 6.45) is -0.233. The first-order valence-corrected chi connectivity index (χ1v) is 10.2. The van der Waals surface area contributed by atoms with E-state index in [4.69, 9.17) is 16.3 Å². The normalized spacial score (nSPS) is 11.8. The summed E-state index contributed by atoms with van der Waals surface area (Å²) < 4.78 is 19.4. The second-order valence-electron chi connectivity index (χ2n) is 7.56. The Balaban J connectivity index is 2.26. The lowest BCUT2D eigenvalue weighted by atomic mass is 10.1. The third kappa shape index (κ3) is 6.46. The van der Waals surface area contributed by atoms with Gasteiger partial charge in [0.2, 0.25) is 11.8 Å². The Hall–Kier alpha value is -2.60. The zero-order valence-corrected chi connectivity index (χ0v) is 18.5. The molecule has 0 bridgehead atoms.